The Bertz CT molecular complexity index is 111. The number of nitrogens with one attached hydrogen (secondary N) is 1. The summed E-state index contributed by atoms with van der Waals surface area (Å²) in [6.45, 7) is 7.80. The van der Waals surface area contributed by atoms with Crippen LogP contribution in [0, 0.1) is 0 Å². The van der Waals surface area contributed by atoms with E-state index in [1.165, 1.54) is 13.5 Å². The van der Waals surface area contributed by atoms with Gasteiger partial charge in [0.1, 0.15) is 0 Å². The number of rotatable bonds is 2. The van der Waals surface area contributed by atoms with E-state index in [4.69, 9.17) is 0 Å². The van der Waals surface area contributed by atoms with Crippen molar-refractivity contribution in [3.8, 4) is 0 Å². The molecule has 0 aromatic rings. The van der Waals surface area contributed by atoms with Crippen LogP contribution in [-0.2, 0) is 4.79 Å². The van der Waals surface area contributed by atoms with Gasteiger partial charge in [-0.2, -0.15) is 0 Å². The average Bonchev–Trinajstić information content (AvgIpc) is 2.06. The van der Waals surface area contributed by atoms with E-state index in [1.54, 1.807) is 0 Å². The zero-order chi connectivity index (χ0) is 11.3. The highest BCUT2D eigenvalue weighted by molar-refractivity contribution is 5.82. The highest BCUT2D eigenvalue weighted by atomic mass is 16.4. The molecule has 0 aliphatic rings. The first-order valence-corrected chi connectivity index (χ1v) is 4.20. The van der Waals surface area contributed by atoms with Crippen LogP contribution in [0.1, 0.15) is 13.8 Å². The van der Waals surface area contributed by atoms with E-state index >= 15 is 0 Å². The van der Waals surface area contributed by atoms with Crippen LogP contribution in [0.25, 0.3) is 0 Å². The number of aliphatic carboxylic acids is 1. The SMILES string of the molecule is C=C(C)C(=O)[O-].CC[NH2+]C.CNC. The van der Waals surface area contributed by atoms with Gasteiger partial charge < -0.3 is 20.5 Å². The number of nitrogens with two attached hydrogens (primary N) is 1. The fraction of sp³-hybridized carbons (Fsp3) is 0.667. The number of carboxylic acids is 1. The summed E-state index contributed by atoms with van der Waals surface area (Å²) in [5, 5.41) is 14.4. The number of carboxylic acid groups (broad SMARTS) is 1. The van der Waals surface area contributed by atoms with Crippen molar-refractivity contribution < 1.29 is 15.2 Å². The van der Waals surface area contributed by atoms with Gasteiger partial charge in [-0.05, 0) is 33.5 Å². The molecule has 0 radical (unpaired) electrons. The maximum absolute atomic E-state index is 9.49. The molecule has 0 aliphatic carbocycles. The number of quaternary nitrogens is 1. The minimum absolute atomic E-state index is 0.0648. The van der Waals surface area contributed by atoms with Gasteiger partial charge >= 0.3 is 0 Å². The van der Waals surface area contributed by atoms with E-state index in [9.17, 15) is 9.90 Å². The van der Waals surface area contributed by atoms with Gasteiger partial charge in [0.05, 0.1) is 19.6 Å². The van der Waals surface area contributed by atoms with Crippen LogP contribution < -0.4 is 15.7 Å². The largest absolute Gasteiger partial charge is 0.545 e. The first-order chi connectivity index (χ1) is 5.97. The molecule has 3 N–H and O–H groups in total. The van der Waals surface area contributed by atoms with Gasteiger partial charge in [0, 0.05) is 0 Å². The maximum Gasteiger partial charge on any atom is 0.0724 e. The lowest BCUT2D eigenvalue weighted by molar-refractivity contribution is -0.623. The molecular formula is C9H22N2O2. The van der Waals surface area contributed by atoms with E-state index in [-0.39, 0.29) is 5.57 Å². The number of hydrogen-bond acceptors (Lipinski definition) is 3. The van der Waals surface area contributed by atoms with Crippen LogP contribution in [0.5, 0.6) is 0 Å². The standard InChI is InChI=1S/C4H6O2.C3H9N.C2H7N/c1-3(2)4(5)6;1-3-4-2;1-3-2/h1H2,2H3,(H,5,6);4H,3H2,1-2H3;3H,1-2H3. The van der Waals surface area contributed by atoms with Crippen molar-refractivity contribution in [3.05, 3.63) is 12.2 Å². The first-order valence-electron chi connectivity index (χ1n) is 4.20. The van der Waals surface area contributed by atoms with Crippen LogP contribution in [0.4, 0.5) is 0 Å². The highest BCUT2D eigenvalue weighted by Crippen LogP contribution is 1.77. The minimum atomic E-state index is -1.19. The molecule has 0 heterocycles. The molecule has 0 saturated carbocycles. The van der Waals surface area contributed by atoms with E-state index in [0.29, 0.717) is 0 Å². The number of carbonyl (C=O) groups is 1. The van der Waals surface area contributed by atoms with Gasteiger partial charge in [-0.15, -0.1) is 0 Å². The summed E-state index contributed by atoms with van der Waals surface area (Å²) in [7, 11) is 5.81. The molecule has 0 aromatic heterocycles. The number of carbonyl (C=O) groups excluding carboxylic acids is 1. The second kappa shape index (κ2) is 17.3. The predicted molar refractivity (Wildman–Crippen MR) is 53.2 cm³/mol. The molecule has 80 valence electrons. The molecular weight excluding hydrogens is 168 g/mol. The fourth-order valence-corrected chi connectivity index (χ4v) is 0. The Hall–Kier alpha value is -0.870. The van der Waals surface area contributed by atoms with Gasteiger partial charge in [0.15, 0.2) is 0 Å². The average molecular weight is 190 g/mol. The Morgan fingerprint density at radius 1 is 1.54 bits per heavy atom. The third-order valence-corrected chi connectivity index (χ3v) is 0.757. The fourth-order valence-electron chi connectivity index (χ4n) is 0. The Kier molecular flexibility index (Phi) is 24.0. The topological polar surface area (TPSA) is 68.8 Å². The third kappa shape index (κ3) is 54.4. The van der Waals surface area contributed by atoms with Crippen LogP contribution in [0.15, 0.2) is 12.2 Å². The summed E-state index contributed by atoms with van der Waals surface area (Å²) in [6, 6.07) is 0. The van der Waals surface area contributed by atoms with E-state index < -0.39 is 5.97 Å². The Balaban J connectivity index is -0.000000125. The summed E-state index contributed by atoms with van der Waals surface area (Å²) in [6.07, 6.45) is 0. The molecule has 0 spiro atoms. The van der Waals surface area contributed by atoms with Crippen LogP contribution in [-0.4, -0.2) is 33.7 Å². The second-order valence-corrected chi connectivity index (χ2v) is 2.38. The summed E-state index contributed by atoms with van der Waals surface area (Å²) < 4.78 is 0. The highest BCUT2D eigenvalue weighted by Gasteiger charge is 1.76. The summed E-state index contributed by atoms with van der Waals surface area (Å²) >= 11 is 0. The van der Waals surface area contributed by atoms with Crippen LogP contribution in [0.2, 0.25) is 0 Å². The molecule has 4 heteroatoms. The normalized spacial score (nSPS) is 7.15. The smallest absolute Gasteiger partial charge is 0.0724 e. The van der Waals surface area contributed by atoms with Crippen LogP contribution in [0.3, 0.4) is 0 Å². The van der Waals surface area contributed by atoms with Gasteiger partial charge in [-0.3, -0.25) is 0 Å². The maximum atomic E-state index is 9.49. The number of hydrogen-bond donors (Lipinski definition) is 2. The van der Waals surface area contributed by atoms with Gasteiger partial charge in [-0.25, -0.2) is 0 Å². The second-order valence-electron chi connectivity index (χ2n) is 2.38. The van der Waals surface area contributed by atoms with E-state index in [1.807, 2.05) is 14.1 Å². The zero-order valence-corrected chi connectivity index (χ0v) is 9.31. The van der Waals surface area contributed by atoms with E-state index in [0.717, 1.165) is 0 Å². The lowest BCUT2D eigenvalue weighted by atomic mass is 10.4. The molecule has 0 fully saturated rings. The molecule has 0 bridgehead atoms. The Morgan fingerprint density at radius 3 is 1.69 bits per heavy atom. The molecule has 4 nitrogen and oxygen atoms in total. The van der Waals surface area contributed by atoms with Crippen molar-refractivity contribution in [3.63, 3.8) is 0 Å². The monoisotopic (exact) mass is 190 g/mol. The van der Waals surface area contributed by atoms with Gasteiger partial charge in [0.25, 0.3) is 0 Å². The molecule has 0 aromatic carbocycles. The van der Waals surface area contributed by atoms with Crippen molar-refractivity contribution in [2.75, 3.05) is 27.7 Å². The summed E-state index contributed by atoms with van der Waals surface area (Å²) in [5.41, 5.74) is 0.0648. The molecule has 0 unspecified atom stereocenters. The van der Waals surface area contributed by atoms with Gasteiger partial charge in [0.2, 0.25) is 0 Å². The van der Waals surface area contributed by atoms with Crippen LogP contribution >= 0.6 is 0 Å². The van der Waals surface area contributed by atoms with Crippen molar-refractivity contribution in [1.82, 2.24) is 5.32 Å². The quantitative estimate of drug-likeness (QED) is 0.513. The molecule has 0 aliphatic heterocycles. The van der Waals surface area contributed by atoms with Crippen molar-refractivity contribution >= 4 is 5.97 Å². The molecule has 0 saturated heterocycles. The minimum Gasteiger partial charge on any atom is -0.545 e. The third-order valence-electron chi connectivity index (χ3n) is 0.757. The van der Waals surface area contributed by atoms with Crippen molar-refractivity contribution in [2.24, 2.45) is 0 Å². The summed E-state index contributed by atoms with van der Waals surface area (Å²) in [4.78, 5) is 9.49. The molecule has 0 atom stereocenters. The lowest BCUT2D eigenvalue weighted by Gasteiger charge is -1.93. The lowest BCUT2D eigenvalue weighted by Crippen LogP contribution is -2.78. The molecule has 0 rings (SSSR count). The summed E-state index contributed by atoms with van der Waals surface area (Å²) in [5.74, 6) is -1.19. The predicted octanol–water partition coefficient (Wildman–Crippen LogP) is -1.65. The van der Waals surface area contributed by atoms with Gasteiger partial charge in [-0.1, -0.05) is 6.58 Å². The first kappa shape index (κ1) is 18.0. The van der Waals surface area contributed by atoms with Crippen molar-refractivity contribution in [2.45, 2.75) is 13.8 Å². The zero-order valence-electron chi connectivity index (χ0n) is 9.31. The van der Waals surface area contributed by atoms with Crippen molar-refractivity contribution in [1.29, 1.82) is 0 Å². The molecule has 0 amide bonds. The molecule has 13 heavy (non-hydrogen) atoms. The Morgan fingerprint density at radius 2 is 1.69 bits per heavy atom. The Labute approximate surface area is 81.0 Å². The van der Waals surface area contributed by atoms with E-state index in [2.05, 4.69) is 31.2 Å².